The minimum atomic E-state index is -0.571. The molecule has 0 spiro atoms. The Morgan fingerprint density at radius 3 is 2.48 bits per heavy atom. The van der Waals surface area contributed by atoms with Gasteiger partial charge in [0.25, 0.3) is 0 Å². The van der Waals surface area contributed by atoms with E-state index >= 15 is 0 Å². The van der Waals surface area contributed by atoms with Gasteiger partial charge in [0.1, 0.15) is 6.79 Å². The number of ether oxygens (including phenoxy) is 2. The molecular weight excluding hydrogens is 338 g/mol. The lowest BCUT2D eigenvalue weighted by atomic mass is 9.82. The minimum absolute atomic E-state index is 0.0584. The number of rotatable bonds is 5. The van der Waals surface area contributed by atoms with E-state index in [9.17, 15) is 4.79 Å². The third-order valence-corrected chi connectivity index (χ3v) is 5.10. The Labute approximate surface area is 161 Å². The molecule has 4 heteroatoms. The van der Waals surface area contributed by atoms with E-state index in [0.717, 1.165) is 16.7 Å². The molecule has 2 aromatic carbocycles. The van der Waals surface area contributed by atoms with Crippen molar-refractivity contribution in [3.05, 3.63) is 59.2 Å². The van der Waals surface area contributed by atoms with Crippen molar-refractivity contribution in [3.8, 4) is 11.1 Å². The summed E-state index contributed by atoms with van der Waals surface area (Å²) in [6.07, 6.45) is 0. The van der Waals surface area contributed by atoms with Crippen molar-refractivity contribution < 1.29 is 14.3 Å². The number of hydrogen-bond donors (Lipinski definition) is 1. The summed E-state index contributed by atoms with van der Waals surface area (Å²) in [7, 11) is 0. The molecule has 0 saturated carbocycles. The lowest BCUT2D eigenvalue weighted by Gasteiger charge is -2.25. The summed E-state index contributed by atoms with van der Waals surface area (Å²) in [5.74, 6) is 0.495. The third kappa shape index (κ3) is 4.40. The zero-order valence-corrected chi connectivity index (χ0v) is 16.7. The second-order valence-corrected chi connectivity index (χ2v) is 8.06. The van der Waals surface area contributed by atoms with Crippen LogP contribution in [0.2, 0.25) is 0 Å². The quantitative estimate of drug-likeness (QED) is 0.852. The lowest BCUT2D eigenvalue weighted by molar-refractivity contribution is -0.125. The summed E-state index contributed by atoms with van der Waals surface area (Å²) < 4.78 is 11.0. The second kappa shape index (κ2) is 8.24. The van der Waals surface area contributed by atoms with Gasteiger partial charge in [0.15, 0.2) is 0 Å². The Hall–Kier alpha value is -2.17. The summed E-state index contributed by atoms with van der Waals surface area (Å²) >= 11 is 0. The van der Waals surface area contributed by atoms with Crippen molar-refractivity contribution in [3.63, 3.8) is 0 Å². The average molecular weight is 367 g/mol. The molecule has 0 radical (unpaired) electrons. The maximum Gasteiger partial charge on any atom is 0.230 e. The molecule has 1 N–H and O–H groups in total. The van der Waals surface area contributed by atoms with Crippen molar-refractivity contribution >= 4 is 5.91 Å². The van der Waals surface area contributed by atoms with Gasteiger partial charge >= 0.3 is 0 Å². The van der Waals surface area contributed by atoms with Crippen LogP contribution in [-0.4, -0.2) is 19.2 Å². The molecule has 0 fully saturated rings. The molecule has 0 aromatic heterocycles. The average Bonchev–Trinajstić information content (AvgIpc) is 2.91. The van der Waals surface area contributed by atoms with E-state index in [1.807, 2.05) is 13.8 Å². The van der Waals surface area contributed by atoms with Crippen LogP contribution in [0.25, 0.3) is 11.1 Å². The van der Waals surface area contributed by atoms with Crippen LogP contribution in [0.5, 0.6) is 0 Å². The van der Waals surface area contributed by atoms with Crippen molar-refractivity contribution in [2.75, 3.05) is 13.3 Å². The van der Waals surface area contributed by atoms with E-state index < -0.39 is 5.41 Å². The third-order valence-electron chi connectivity index (χ3n) is 5.10. The van der Waals surface area contributed by atoms with Gasteiger partial charge in [-0.25, -0.2) is 0 Å². The van der Waals surface area contributed by atoms with Gasteiger partial charge in [-0.1, -0.05) is 56.3 Å². The lowest BCUT2D eigenvalue weighted by Crippen LogP contribution is -2.41. The fraction of sp³-hybridized carbons (Fsp3) is 0.435. The zero-order valence-electron chi connectivity index (χ0n) is 16.7. The summed E-state index contributed by atoms with van der Waals surface area (Å²) in [5.41, 5.74) is 5.07. The van der Waals surface area contributed by atoms with E-state index in [1.54, 1.807) is 0 Å². The first-order chi connectivity index (χ1) is 12.9. The molecule has 0 aliphatic carbocycles. The summed E-state index contributed by atoms with van der Waals surface area (Å²) in [5, 5.41) is 3.05. The van der Waals surface area contributed by atoms with Crippen LogP contribution in [0.1, 0.15) is 44.4 Å². The van der Waals surface area contributed by atoms with Crippen LogP contribution in [0.4, 0.5) is 0 Å². The van der Waals surface area contributed by atoms with E-state index in [1.165, 1.54) is 11.1 Å². The molecule has 4 nitrogen and oxygen atoms in total. The predicted octanol–water partition coefficient (Wildman–Crippen LogP) is 4.41. The first kappa shape index (κ1) is 19.6. The molecule has 0 atom stereocenters. The summed E-state index contributed by atoms with van der Waals surface area (Å²) in [4.78, 5) is 12.6. The highest BCUT2D eigenvalue weighted by Crippen LogP contribution is 2.31. The maximum atomic E-state index is 12.6. The molecule has 27 heavy (non-hydrogen) atoms. The SMILES string of the molecule is CC(C)CNC(=O)C(C)(C)c1ccc(-c2cccc3c2COCOC3)cc1. The normalized spacial score (nSPS) is 14.6. The molecule has 1 aliphatic rings. The van der Waals surface area contributed by atoms with E-state index in [0.29, 0.717) is 32.5 Å². The van der Waals surface area contributed by atoms with Gasteiger partial charge in [0.05, 0.1) is 18.6 Å². The highest BCUT2D eigenvalue weighted by Gasteiger charge is 2.29. The summed E-state index contributed by atoms with van der Waals surface area (Å²) in [6.45, 7) is 10.3. The topological polar surface area (TPSA) is 47.6 Å². The van der Waals surface area contributed by atoms with Crippen LogP contribution in [0.15, 0.2) is 42.5 Å². The Morgan fingerprint density at radius 2 is 1.78 bits per heavy atom. The summed E-state index contributed by atoms with van der Waals surface area (Å²) in [6, 6.07) is 14.5. The van der Waals surface area contributed by atoms with Gasteiger partial charge in [0, 0.05) is 6.54 Å². The zero-order chi connectivity index (χ0) is 19.4. The molecule has 1 aliphatic heterocycles. The van der Waals surface area contributed by atoms with Crippen LogP contribution in [0.3, 0.4) is 0 Å². The van der Waals surface area contributed by atoms with Crippen molar-refractivity contribution in [2.24, 2.45) is 5.92 Å². The molecule has 1 amide bonds. The number of nitrogens with one attached hydrogen (secondary N) is 1. The molecule has 0 saturated heterocycles. The van der Waals surface area contributed by atoms with Gasteiger partial charge in [-0.05, 0) is 47.6 Å². The molecule has 0 unspecified atom stereocenters. The van der Waals surface area contributed by atoms with Gasteiger partial charge in [-0.2, -0.15) is 0 Å². The molecule has 144 valence electrons. The van der Waals surface area contributed by atoms with Gasteiger partial charge in [-0.15, -0.1) is 0 Å². The highest BCUT2D eigenvalue weighted by molar-refractivity contribution is 5.87. The monoisotopic (exact) mass is 367 g/mol. The van der Waals surface area contributed by atoms with E-state index in [-0.39, 0.29) is 5.91 Å². The molecule has 1 heterocycles. The van der Waals surface area contributed by atoms with Gasteiger partial charge in [-0.3, -0.25) is 4.79 Å². The number of carbonyl (C=O) groups is 1. The number of benzene rings is 2. The second-order valence-electron chi connectivity index (χ2n) is 8.06. The van der Waals surface area contributed by atoms with Crippen molar-refractivity contribution in [1.82, 2.24) is 5.32 Å². The standard InChI is InChI=1S/C23H29NO3/c1-16(2)12-24-22(25)23(3,4)19-10-8-17(9-11-19)20-7-5-6-18-13-26-15-27-14-21(18)20/h5-11,16H,12-15H2,1-4H3,(H,24,25). The fourth-order valence-corrected chi connectivity index (χ4v) is 3.28. The minimum Gasteiger partial charge on any atom is -0.355 e. The van der Waals surface area contributed by atoms with Crippen LogP contribution in [0, 0.1) is 5.92 Å². The van der Waals surface area contributed by atoms with Gasteiger partial charge < -0.3 is 14.8 Å². The molecular formula is C23H29NO3. The smallest absolute Gasteiger partial charge is 0.230 e. The molecule has 0 bridgehead atoms. The van der Waals surface area contributed by atoms with Crippen LogP contribution in [-0.2, 0) is 32.9 Å². The maximum absolute atomic E-state index is 12.6. The first-order valence-corrected chi connectivity index (χ1v) is 9.55. The number of fused-ring (bicyclic) bond motifs is 1. The Morgan fingerprint density at radius 1 is 1.07 bits per heavy atom. The molecule has 3 rings (SSSR count). The fourth-order valence-electron chi connectivity index (χ4n) is 3.28. The first-order valence-electron chi connectivity index (χ1n) is 9.55. The van der Waals surface area contributed by atoms with Gasteiger partial charge in [0.2, 0.25) is 5.91 Å². The molecule has 2 aromatic rings. The number of amides is 1. The van der Waals surface area contributed by atoms with E-state index in [4.69, 9.17) is 9.47 Å². The predicted molar refractivity (Wildman–Crippen MR) is 107 cm³/mol. The largest absolute Gasteiger partial charge is 0.355 e. The van der Waals surface area contributed by atoms with Crippen molar-refractivity contribution in [2.45, 2.75) is 46.3 Å². The Bertz CT molecular complexity index is 794. The number of hydrogen-bond acceptors (Lipinski definition) is 3. The Balaban J connectivity index is 1.85. The van der Waals surface area contributed by atoms with Crippen LogP contribution < -0.4 is 5.32 Å². The van der Waals surface area contributed by atoms with E-state index in [2.05, 4.69) is 61.6 Å². The Kier molecular flexibility index (Phi) is 5.98. The highest BCUT2D eigenvalue weighted by atomic mass is 16.7. The van der Waals surface area contributed by atoms with Crippen LogP contribution >= 0.6 is 0 Å². The van der Waals surface area contributed by atoms with Crippen molar-refractivity contribution in [1.29, 1.82) is 0 Å². The number of carbonyl (C=O) groups excluding carboxylic acids is 1.